The van der Waals surface area contributed by atoms with E-state index in [9.17, 15) is 9.90 Å². The van der Waals surface area contributed by atoms with E-state index in [1.54, 1.807) is 24.1 Å². The van der Waals surface area contributed by atoms with Crippen LogP contribution in [0.25, 0.3) is 0 Å². The minimum Gasteiger partial charge on any atom is -0.388 e. The van der Waals surface area contributed by atoms with Crippen molar-refractivity contribution in [1.29, 1.82) is 0 Å². The van der Waals surface area contributed by atoms with Gasteiger partial charge in [-0.2, -0.15) is 0 Å². The second-order valence-electron chi connectivity index (χ2n) is 5.55. The molecule has 1 fully saturated rings. The average molecular weight is 327 g/mol. The van der Waals surface area contributed by atoms with Gasteiger partial charge in [0.15, 0.2) is 0 Å². The molecule has 1 saturated heterocycles. The number of hydrogen-bond donors (Lipinski definition) is 2. The number of hydrogen-bond acceptors (Lipinski definition) is 3. The Labute approximate surface area is 136 Å². The Morgan fingerprint density at radius 2 is 2.05 bits per heavy atom. The summed E-state index contributed by atoms with van der Waals surface area (Å²) < 4.78 is 4.91. The van der Waals surface area contributed by atoms with Crippen molar-refractivity contribution in [2.24, 2.45) is 5.92 Å². The number of likely N-dealkylation sites (tertiary alicyclic amines) is 1. The first-order chi connectivity index (χ1) is 10.6. The largest absolute Gasteiger partial charge is 0.388 e. The topological polar surface area (TPSA) is 61.8 Å². The monoisotopic (exact) mass is 326 g/mol. The lowest BCUT2D eigenvalue weighted by molar-refractivity contribution is 0.0662. The van der Waals surface area contributed by atoms with Crippen molar-refractivity contribution in [2.75, 3.05) is 33.4 Å². The van der Waals surface area contributed by atoms with Crippen LogP contribution < -0.4 is 5.32 Å². The second kappa shape index (κ2) is 8.36. The molecule has 0 saturated carbocycles. The van der Waals surface area contributed by atoms with E-state index in [1.807, 2.05) is 12.1 Å². The molecule has 0 aliphatic carbocycles. The zero-order valence-electron chi connectivity index (χ0n) is 12.8. The van der Waals surface area contributed by atoms with Gasteiger partial charge in [-0.05, 0) is 36.5 Å². The Morgan fingerprint density at radius 1 is 1.41 bits per heavy atom. The van der Waals surface area contributed by atoms with Gasteiger partial charge in [0.2, 0.25) is 0 Å². The number of benzene rings is 1. The van der Waals surface area contributed by atoms with Gasteiger partial charge in [-0.1, -0.05) is 23.7 Å². The number of piperidine rings is 1. The highest BCUT2D eigenvalue weighted by atomic mass is 35.5. The number of urea groups is 1. The maximum Gasteiger partial charge on any atom is 0.317 e. The molecular weight excluding hydrogens is 304 g/mol. The molecule has 122 valence electrons. The summed E-state index contributed by atoms with van der Waals surface area (Å²) in [6, 6.07) is 7.24. The van der Waals surface area contributed by atoms with Gasteiger partial charge < -0.3 is 20.1 Å². The third kappa shape index (κ3) is 4.60. The first-order valence-electron chi connectivity index (χ1n) is 7.57. The van der Waals surface area contributed by atoms with Crippen LogP contribution in [0.1, 0.15) is 24.5 Å². The van der Waals surface area contributed by atoms with Crippen LogP contribution in [0.2, 0.25) is 5.02 Å². The van der Waals surface area contributed by atoms with Gasteiger partial charge in [0, 0.05) is 31.8 Å². The number of halogens is 1. The molecule has 0 radical (unpaired) electrons. The summed E-state index contributed by atoms with van der Waals surface area (Å²) >= 11 is 5.87. The third-order valence-electron chi connectivity index (χ3n) is 4.07. The standard InChI is InChI=1S/C16H23ClN2O3/c1-22-11-8-18-16(21)19-9-6-13(7-10-19)15(20)12-2-4-14(17)5-3-12/h2-5,13,15,20H,6-11H2,1H3,(H,18,21). The van der Waals surface area contributed by atoms with E-state index in [-0.39, 0.29) is 11.9 Å². The molecule has 0 bridgehead atoms. The molecule has 0 spiro atoms. The highest BCUT2D eigenvalue weighted by Crippen LogP contribution is 2.31. The lowest BCUT2D eigenvalue weighted by atomic mass is 9.87. The fourth-order valence-corrected chi connectivity index (χ4v) is 2.85. The maximum atomic E-state index is 11.9. The third-order valence-corrected chi connectivity index (χ3v) is 4.32. The molecule has 2 amide bonds. The molecule has 6 heteroatoms. The van der Waals surface area contributed by atoms with E-state index in [1.165, 1.54) is 0 Å². The predicted octanol–water partition coefficient (Wildman–Crippen LogP) is 2.44. The summed E-state index contributed by atoms with van der Waals surface area (Å²) in [4.78, 5) is 13.7. The predicted molar refractivity (Wildman–Crippen MR) is 86.0 cm³/mol. The summed E-state index contributed by atoms with van der Waals surface area (Å²) in [7, 11) is 1.61. The Bertz CT molecular complexity index is 473. The van der Waals surface area contributed by atoms with Crippen LogP contribution in [0.15, 0.2) is 24.3 Å². The first kappa shape index (κ1) is 17.1. The van der Waals surface area contributed by atoms with Crippen molar-refractivity contribution in [3.63, 3.8) is 0 Å². The molecule has 1 atom stereocenters. The number of carbonyl (C=O) groups is 1. The summed E-state index contributed by atoms with van der Waals surface area (Å²) in [5.74, 6) is 0.171. The van der Waals surface area contributed by atoms with Crippen LogP contribution in [0.4, 0.5) is 4.79 Å². The number of methoxy groups -OCH3 is 1. The fourth-order valence-electron chi connectivity index (χ4n) is 2.72. The van der Waals surface area contributed by atoms with Gasteiger partial charge in [-0.3, -0.25) is 0 Å². The lowest BCUT2D eigenvalue weighted by Gasteiger charge is -2.34. The van der Waals surface area contributed by atoms with Crippen molar-refractivity contribution >= 4 is 17.6 Å². The summed E-state index contributed by atoms with van der Waals surface area (Å²) in [6.07, 6.45) is 1.08. The molecule has 2 N–H and O–H groups in total. The molecular formula is C16H23ClN2O3. The summed E-state index contributed by atoms with van der Waals surface area (Å²) in [5.41, 5.74) is 0.882. The van der Waals surface area contributed by atoms with Crippen LogP contribution in [0, 0.1) is 5.92 Å². The number of aliphatic hydroxyl groups is 1. The van der Waals surface area contributed by atoms with E-state index >= 15 is 0 Å². The van der Waals surface area contributed by atoms with E-state index in [0.29, 0.717) is 31.3 Å². The smallest absolute Gasteiger partial charge is 0.317 e. The minimum absolute atomic E-state index is 0.0588. The summed E-state index contributed by atoms with van der Waals surface area (Å²) in [5, 5.41) is 13.9. The Hall–Kier alpha value is -1.30. The van der Waals surface area contributed by atoms with Gasteiger partial charge in [0.25, 0.3) is 0 Å². The first-order valence-corrected chi connectivity index (χ1v) is 7.95. The summed E-state index contributed by atoms with van der Waals surface area (Å²) in [6.45, 7) is 2.35. The Morgan fingerprint density at radius 3 is 2.64 bits per heavy atom. The van der Waals surface area contributed by atoms with Crippen LogP contribution in [-0.4, -0.2) is 49.4 Å². The SMILES string of the molecule is COCCNC(=O)N1CCC(C(O)c2ccc(Cl)cc2)CC1. The van der Waals surface area contributed by atoms with Gasteiger partial charge in [0.05, 0.1) is 12.7 Å². The molecule has 1 aliphatic rings. The zero-order valence-corrected chi connectivity index (χ0v) is 13.6. The molecule has 1 aliphatic heterocycles. The van der Waals surface area contributed by atoms with Crippen LogP contribution in [0.5, 0.6) is 0 Å². The van der Waals surface area contributed by atoms with Gasteiger partial charge >= 0.3 is 6.03 Å². The van der Waals surface area contributed by atoms with Crippen molar-refractivity contribution < 1.29 is 14.6 Å². The lowest BCUT2D eigenvalue weighted by Crippen LogP contribution is -2.45. The van der Waals surface area contributed by atoms with Crippen LogP contribution >= 0.6 is 11.6 Å². The highest BCUT2D eigenvalue weighted by molar-refractivity contribution is 6.30. The number of ether oxygens (including phenoxy) is 1. The Kier molecular flexibility index (Phi) is 6.49. The van der Waals surface area contributed by atoms with Gasteiger partial charge in [0.1, 0.15) is 0 Å². The van der Waals surface area contributed by atoms with Crippen molar-refractivity contribution in [3.8, 4) is 0 Å². The van der Waals surface area contributed by atoms with E-state index in [2.05, 4.69) is 5.32 Å². The van der Waals surface area contributed by atoms with E-state index in [4.69, 9.17) is 16.3 Å². The number of carbonyl (C=O) groups excluding carboxylic acids is 1. The number of amides is 2. The van der Waals surface area contributed by atoms with E-state index in [0.717, 1.165) is 18.4 Å². The normalized spacial score (nSPS) is 17.3. The molecule has 0 aromatic heterocycles. The number of nitrogens with zero attached hydrogens (tertiary/aromatic N) is 1. The fraction of sp³-hybridized carbons (Fsp3) is 0.562. The molecule has 1 unspecified atom stereocenters. The molecule has 22 heavy (non-hydrogen) atoms. The molecule has 1 aromatic carbocycles. The van der Waals surface area contributed by atoms with Crippen LogP contribution in [-0.2, 0) is 4.74 Å². The minimum atomic E-state index is -0.504. The highest BCUT2D eigenvalue weighted by Gasteiger charge is 2.28. The van der Waals surface area contributed by atoms with Crippen molar-refractivity contribution in [1.82, 2.24) is 10.2 Å². The molecule has 2 rings (SSSR count). The number of rotatable bonds is 5. The van der Waals surface area contributed by atoms with E-state index < -0.39 is 6.10 Å². The zero-order chi connectivity index (χ0) is 15.9. The Balaban J connectivity index is 1.81. The number of nitrogens with one attached hydrogen (secondary N) is 1. The number of aliphatic hydroxyl groups excluding tert-OH is 1. The average Bonchev–Trinajstić information content (AvgIpc) is 2.55. The van der Waals surface area contributed by atoms with Crippen molar-refractivity contribution in [2.45, 2.75) is 18.9 Å². The van der Waals surface area contributed by atoms with Crippen molar-refractivity contribution in [3.05, 3.63) is 34.9 Å². The molecule has 1 heterocycles. The molecule has 1 aromatic rings. The molecule has 5 nitrogen and oxygen atoms in total. The second-order valence-corrected chi connectivity index (χ2v) is 5.98. The maximum absolute atomic E-state index is 11.9. The van der Waals surface area contributed by atoms with Gasteiger partial charge in [-0.15, -0.1) is 0 Å². The van der Waals surface area contributed by atoms with Crippen LogP contribution in [0.3, 0.4) is 0 Å². The quantitative estimate of drug-likeness (QED) is 0.817. The van der Waals surface area contributed by atoms with Gasteiger partial charge in [-0.25, -0.2) is 4.79 Å².